The lowest BCUT2D eigenvalue weighted by molar-refractivity contribution is -0.571. The Morgan fingerprint density at radius 2 is 1.72 bits per heavy atom. The van der Waals surface area contributed by atoms with Crippen LogP contribution in [0.25, 0.3) is 48.3 Å². The van der Waals surface area contributed by atoms with Gasteiger partial charge in [0.15, 0.2) is 11.9 Å². The van der Waals surface area contributed by atoms with Crippen LogP contribution in [-0.4, -0.2) is 11.8 Å². The van der Waals surface area contributed by atoms with Gasteiger partial charge in [-0.25, -0.2) is 0 Å². The first-order valence-corrected chi connectivity index (χ1v) is 16.0. The van der Waals surface area contributed by atoms with Crippen LogP contribution < -0.4 is 4.57 Å². The molecule has 2 aliphatic heterocycles. The Morgan fingerprint density at radius 1 is 0.907 bits per heavy atom. The lowest BCUT2D eigenvalue weighted by Crippen LogP contribution is -2.38. The maximum atomic E-state index is 5.28. The monoisotopic (exact) mass is 573 g/mol. The van der Waals surface area contributed by atoms with Crippen molar-refractivity contribution in [3.8, 4) is 22.4 Å². The predicted octanol–water partition coefficient (Wildman–Crippen LogP) is 9.93. The maximum Gasteiger partial charge on any atom is 0.220 e. The molecule has 8 rings (SSSR count). The number of rotatable bonds is 2. The zero-order valence-electron chi connectivity index (χ0n) is 24.4. The number of hydrogen-bond acceptors (Lipinski definition) is 2. The molecule has 0 aliphatic carbocycles. The summed E-state index contributed by atoms with van der Waals surface area (Å²) in [4.78, 5) is 5.28. The van der Waals surface area contributed by atoms with Crippen molar-refractivity contribution in [3.05, 3.63) is 145 Å². The van der Waals surface area contributed by atoms with Gasteiger partial charge in [-0.3, -0.25) is 4.99 Å². The van der Waals surface area contributed by atoms with Crippen molar-refractivity contribution in [2.24, 2.45) is 4.99 Å². The molecule has 0 spiro atoms. The minimum absolute atomic E-state index is 0.125. The van der Waals surface area contributed by atoms with Crippen molar-refractivity contribution in [1.29, 1.82) is 0 Å². The van der Waals surface area contributed by atoms with E-state index in [2.05, 4.69) is 128 Å². The van der Waals surface area contributed by atoms with Crippen molar-refractivity contribution in [2.75, 3.05) is 0 Å². The number of aryl methyl sites for hydroxylation is 2. The number of aliphatic imine (C=N–C) groups is 1. The first kappa shape index (κ1) is 26.1. The van der Waals surface area contributed by atoms with E-state index in [0.29, 0.717) is 5.92 Å². The van der Waals surface area contributed by atoms with Gasteiger partial charge < -0.3 is 0 Å². The molecule has 208 valence electrons. The third-order valence-electron chi connectivity index (χ3n) is 9.31. The van der Waals surface area contributed by atoms with Crippen molar-refractivity contribution in [3.63, 3.8) is 0 Å². The van der Waals surface area contributed by atoms with Crippen LogP contribution in [0.1, 0.15) is 41.0 Å². The quantitative estimate of drug-likeness (QED) is 0.183. The molecule has 6 aromatic rings. The summed E-state index contributed by atoms with van der Waals surface area (Å²) >= 11 is 1.92. The Morgan fingerprint density at radius 3 is 2.58 bits per heavy atom. The van der Waals surface area contributed by atoms with Crippen LogP contribution in [0.3, 0.4) is 0 Å². The van der Waals surface area contributed by atoms with Gasteiger partial charge >= 0.3 is 0 Å². The summed E-state index contributed by atoms with van der Waals surface area (Å²) < 4.78 is 5.02. The van der Waals surface area contributed by atoms with Crippen molar-refractivity contribution >= 4 is 42.9 Å². The average molecular weight is 574 g/mol. The van der Waals surface area contributed by atoms with E-state index in [1.54, 1.807) is 0 Å². The van der Waals surface area contributed by atoms with Gasteiger partial charge in [-0.15, -0.1) is 11.3 Å². The minimum atomic E-state index is 0.125. The molecule has 2 aromatic heterocycles. The summed E-state index contributed by atoms with van der Waals surface area (Å²) in [6, 6.07) is 35.8. The summed E-state index contributed by atoms with van der Waals surface area (Å²) in [6.45, 7) is 11.0. The minimum Gasteiger partial charge on any atom is -0.280 e. The second kappa shape index (κ2) is 10.3. The van der Waals surface area contributed by atoms with Crippen molar-refractivity contribution in [2.45, 2.75) is 38.1 Å². The fourth-order valence-electron chi connectivity index (χ4n) is 7.30. The van der Waals surface area contributed by atoms with Crippen LogP contribution in [0.15, 0.2) is 127 Å². The fourth-order valence-corrected chi connectivity index (χ4v) is 8.61. The van der Waals surface area contributed by atoms with Gasteiger partial charge in [0.1, 0.15) is 0 Å². The van der Waals surface area contributed by atoms with E-state index < -0.39 is 0 Å². The van der Waals surface area contributed by atoms with E-state index >= 15 is 0 Å². The SMILES string of the molecule is C=CC1=NC2CC(=C)[n+]3ccc(C)cc3-c3c(ccc4c3sc3cccc(-c5ccccc5)c34)CCC2c2ccccc21. The molecule has 0 N–H and O–H groups in total. The first-order valence-electron chi connectivity index (χ1n) is 15.1. The predicted molar refractivity (Wildman–Crippen MR) is 183 cm³/mol. The van der Waals surface area contributed by atoms with Gasteiger partial charge in [0.25, 0.3) is 0 Å². The summed E-state index contributed by atoms with van der Waals surface area (Å²) in [5.41, 5.74) is 12.4. The number of allylic oxidation sites excluding steroid dienone is 1. The molecule has 2 atom stereocenters. The molecule has 2 unspecified atom stereocenters. The van der Waals surface area contributed by atoms with Crippen LogP contribution in [-0.2, 0) is 6.42 Å². The van der Waals surface area contributed by atoms with Crippen molar-refractivity contribution < 1.29 is 4.57 Å². The topological polar surface area (TPSA) is 16.2 Å². The number of benzene rings is 4. The van der Waals surface area contributed by atoms with Gasteiger partial charge in [0, 0.05) is 43.8 Å². The Kier molecular flexibility index (Phi) is 6.24. The third kappa shape index (κ3) is 4.22. The molecule has 2 aliphatic rings. The second-order valence-electron chi connectivity index (χ2n) is 11.9. The normalized spacial score (nSPS) is 17.9. The van der Waals surface area contributed by atoms with Crippen LogP contribution in [0.5, 0.6) is 0 Å². The molecule has 43 heavy (non-hydrogen) atoms. The highest BCUT2D eigenvalue weighted by Gasteiger charge is 2.35. The van der Waals surface area contributed by atoms with E-state index in [9.17, 15) is 0 Å². The van der Waals surface area contributed by atoms with Crippen LogP contribution in [0.2, 0.25) is 0 Å². The maximum absolute atomic E-state index is 5.28. The molecule has 4 aromatic carbocycles. The molecule has 0 saturated heterocycles. The molecule has 0 saturated carbocycles. The van der Waals surface area contributed by atoms with E-state index in [-0.39, 0.29) is 6.04 Å². The summed E-state index contributed by atoms with van der Waals surface area (Å²) in [5.74, 6) is 0.319. The Bertz CT molecular complexity index is 2110. The summed E-state index contributed by atoms with van der Waals surface area (Å²) in [5, 5.41) is 2.68. The molecular weight excluding hydrogens is 541 g/mol. The third-order valence-corrected chi connectivity index (χ3v) is 10.5. The zero-order chi connectivity index (χ0) is 29.1. The molecular formula is C40H33N2S+. The lowest BCUT2D eigenvalue weighted by Gasteiger charge is -2.32. The van der Waals surface area contributed by atoms with Crippen LogP contribution in [0, 0.1) is 6.92 Å². The van der Waals surface area contributed by atoms with E-state index in [4.69, 9.17) is 4.99 Å². The standard InChI is InChI=1S/C40H33N2S/c1-4-34-31-14-9-8-13-30(31)32-19-17-28-18-20-33-39-29(27-11-6-5-7-12-27)15-10-16-37(39)43-40(33)38(28)36-23-25(2)21-22-42(36)26(3)24-35(32)41-34/h4-16,18,20-23,32,35H,1,3,17,19,24H2,2H3/q+1. The number of hydrogen-bond donors (Lipinski definition) is 0. The van der Waals surface area contributed by atoms with E-state index in [1.807, 2.05) is 17.4 Å². The highest BCUT2D eigenvalue weighted by Crippen LogP contribution is 2.46. The summed E-state index contributed by atoms with van der Waals surface area (Å²) in [6.07, 6.45) is 6.95. The molecule has 0 amide bonds. The van der Waals surface area contributed by atoms with Gasteiger partial charge in [-0.2, -0.15) is 4.57 Å². The summed E-state index contributed by atoms with van der Waals surface area (Å²) in [7, 11) is 0. The van der Waals surface area contributed by atoms with Gasteiger partial charge in [0.2, 0.25) is 5.69 Å². The molecule has 0 fully saturated rings. The molecule has 4 heterocycles. The van der Waals surface area contributed by atoms with Gasteiger partial charge in [0.05, 0.1) is 23.7 Å². The second-order valence-corrected chi connectivity index (χ2v) is 12.9. The number of fused-ring (bicyclic) bond motifs is 10. The largest absolute Gasteiger partial charge is 0.280 e. The smallest absolute Gasteiger partial charge is 0.220 e. The Balaban J connectivity index is 1.38. The van der Waals surface area contributed by atoms with Gasteiger partial charge in [-0.05, 0) is 66.3 Å². The average Bonchev–Trinajstić information content (AvgIpc) is 3.42. The number of nitrogens with zero attached hydrogens (tertiary/aromatic N) is 2. The molecule has 0 bridgehead atoms. The first-order chi connectivity index (χ1) is 21.1. The number of aromatic nitrogens is 1. The Labute approximate surface area is 257 Å². The zero-order valence-corrected chi connectivity index (χ0v) is 25.2. The van der Waals surface area contributed by atoms with Crippen LogP contribution in [0.4, 0.5) is 0 Å². The van der Waals surface area contributed by atoms with E-state index in [0.717, 1.165) is 30.7 Å². The van der Waals surface area contributed by atoms with E-state index in [1.165, 1.54) is 64.8 Å². The van der Waals surface area contributed by atoms with Crippen molar-refractivity contribution in [1.82, 2.24) is 0 Å². The molecule has 3 heteroatoms. The van der Waals surface area contributed by atoms with Gasteiger partial charge in [-0.1, -0.05) is 85.4 Å². The fraction of sp³-hybridized carbons (Fsp3) is 0.150. The molecule has 2 nitrogen and oxygen atoms in total. The number of thiophene rings is 1. The lowest BCUT2D eigenvalue weighted by atomic mass is 9.78. The highest BCUT2D eigenvalue weighted by molar-refractivity contribution is 7.26. The Hall–Kier alpha value is -4.60. The molecule has 0 radical (unpaired) electrons. The van der Waals surface area contributed by atoms with Crippen LogP contribution >= 0.6 is 11.3 Å². The number of pyridine rings is 1. The highest BCUT2D eigenvalue weighted by atomic mass is 32.1.